The lowest BCUT2D eigenvalue weighted by Gasteiger charge is -2.45. The van der Waals surface area contributed by atoms with E-state index in [0.717, 1.165) is 25.7 Å². The average molecular weight is 425 g/mol. The van der Waals surface area contributed by atoms with E-state index in [1.54, 1.807) is 0 Å². The molecule has 2 rings (SSSR count). The van der Waals surface area contributed by atoms with Gasteiger partial charge in [0.25, 0.3) is 0 Å². The summed E-state index contributed by atoms with van der Waals surface area (Å²) in [5.41, 5.74) is -0.160. The van der Waals surface area contributed by atoms with Crippen molar-refractivity contribution in [2.45, 2.75) is 82.8 Å². The first-order valence-corrected chi connectivity index (χ1v) is 11.3. The molecule has 1 unspecified atom stereocenters. The van der Waals surface area contributed by atoms with Crippen LogP contribution in [0.25, 0.3) is 0 Å². The van der Waals surface area contributed by atoms with Gasteiger partial charge in [0, 0.05) is 24.7 Å². The number of alkyl halides is 1. The number of rotatable bonds is 13. The number of halogens is 1. The van der Waals surface area contributed by atoms with Gasteiger partial charge < -0.3 is 14.9 Å². The summed E-state index contributed by atoms with van der Waals surface area (Å²) in [5.74, 6) is -0.657. The van der Waals surface area contributed by atoms with Crippen molar-refractivity contribution in [2.75, 3.05) is 13.8 Å². The first-order valence-electron chi connectivity index (χ1n) is 11.3. The predicted octanol–water partition coefficient (Wildman–Crippen LogP) is 4.07. The molecule has 170 valence electrons. The Hall–Kier alpha value is -1.53. The molecule has 2 saturated carbocycles. The lowest BCUT2D eigenvalue weighted by molar-refractivity contribution is -0.140. The summed E-state index contributed by atoms with van der Waals surface area (Å²) >= 11 is 0. The highest BCUT2D eigenvalue weighted by Crippen LogP contribution is 2.48. The zero-order chi connectivity index (χ0) is 22.0. The van der Waals surface area contributed by atoms with E-state index in [-0.39, 0.29) is 42.1 Å². The zero-order valence-electron chi connectivity index (χ0n) is 18.1. The van der Waals surface area contributed by atoms with E-state index in [4.69, 9.17) is 0 Å². The van der Waals surface area contributed by atoms with Gasteiger partial charge in [-0.25, -0.2) is 0 Å². The Morgan fingerprint density at radius 2 is 2.07 bits per heavy atom. The normalized spacial score (nSPS) is 26.9. The lowest BCUT2D eigenvalue weighted by Crippen LogP contribution is -2.41. The first-order chi connectivity index (χ1) is 14.4. The van der Waals surface area contributed by atoms with E-state index in [1.165, 1.54) is 7.11 Å². The summed E-state index contributed by atoms with van der Waals surface area (Å²) in [6.45, 7) is -0.349. The fraction of sp³-hybridized carbons (Fsp3) is 0.750. The smallest absolute Gasteiger partial charge is 0.305 e. The minimum atomic E-state index is -0.687. The second-order valence-corrected chi connectivity index (χ2v) is 8.79. The van der Waals surface area contributed by atoms with Crippen LogP contribution in [-0.2, 0) is 14.3 Å². The molecule has 30 heavy (non-hydrogen) atoms. The number of unbranched alkanes of at least 4 members (excludes halogenated alkanes) is 1. The highest BCUT2D eigenvalue weighted by Gasteiger charge is 2.42. The van der Waals surface area contributed by atoms with Gasteiger partial charge in [0.1, 0.15) is 5.78 Å². The van der Waals surface area contributed by atoms with Crippen LogP contribution in [0.2, 0.25) is 0 Å². The van der Waals surface area contributed by atoms with E-state index in [9.17, 15) is 24.2 Å². The molecule has 4 atom stereocenters. The molecular formula is C24H37FO5. The van der Waals surface area contributed by atoms with Gasteiger partial charge in [0.15, 0.2) is 0 Å². The highest BCUT2D eigenvalue weighted by molar-refractivity contribution is 5.84. The molecule has 0 bridgehead atoms. The van der Waals surface area contributed by atoms with Gasteiger partial charge in [-0.05, 0) is 56.8 Å². The minimum Gasteiger partial charge on any atom is -0.469 e. The third kappa shape index (κ3) is 6.74. The molecule has 2 fully saturated rings. The van der Waals surface area contributed by atoms with Crippen molar-refractivity contribution in [2.24, 2.45) is 17.3 Å². The van der Waals surface area contributed by atoms with Crippen LogP contribution in [0.3, 0.4) is 0 Å². The van der Waals surface area contributed by atoms with E-state index in [2.05, 4.69) is 4.74 Å². The van der Waals surface area contributed by atoms with E-state index < -0.39 is 12.2 Å². The summed E-state index contributed by atoms with van der Waals surface area (Å²) < 4.78 is 17.2. The topological polar surface area (TPSA) is 83.8 Å². The van der Waals surface area contributed by atoms with E-state index >= 15 is 0 Å². The number of esters is 1. The van der Waals surface area contributed by atoms with Gasteiger partial charge in [0.2, 0.25) is 0 Å². The number of methoxy groups -OCH3 is 1. The number of hydrogen-bond acceptors (Lipinski definition) is 5. The van der Waals surface area contributed by atoms with Crippen molar-refractivity contribution < 1.29 is 28.9 Å². The van der Waals surface area contributed by atoms with Crippen LogP contribution < -0.4 is 0 Å². The third-order valence-electron chi connectivity index (χ3n) is 6.85. The summed E-state index contributed by atoms with van der Waals surface area (Å²) in [7, 11) is 1.37. The molecule has 5 nitrogen and oxygen atoms in total. The molecule has 0 aliphatic heterocycles. The van der Waals surface area contributed by atoms with E-state index in [1.807, 2.05) is 24.3 Å². The van der Waals surface area contributed by atoms with E-state index in [0.29, 0.717) is 38.5 Å². The van der Waals surface area contributed by atoms with Gasteiger partial charge in [-0.15, -0.1) is 0 Å². The molecule has 0 spiro atoms. The number of aliphatic hydroxyl groups excluding tert-OH is 2. The monoisotopic (exact) mass is 424 g/mol. The number of aliphatic hydroxyl groups is 2. The van der Waals surface area contributed by atoms with Crippen LogP contribution in [0, 0.1) is 17.3 Å². The second kappa shape index (κ2) is 12.4. The van der Waals surface area contributed by atoms with Gasteiger partial charge in [-0.3, -0.25) is 14.0 Å². The molecule has 0 radical (unpaired) electrons. The third-order valence-corrected chi connectivity index (χ3v) is 6.85. The fourth-order valence-corrected chi connectivity index (χ4v) is 4.77. The van der Waals surface area contributed by atoms with Gasteiger partial charge in [-0.2, -0.15) is 0 Å². The molecule has 0 amide bonds. The van der Waals surface area contributed by atoms with Crippen LogP contribution in [0.1, 0.15) is 70.6 Å². The van der Waals surface area contributed by atoms with Crippen molar-refractivity contribution in [1.29, 1.82) is 0 Å². The quantitative estimate of drug-likeness (QED) is 0.265. The van der Waals surface area contributed by atoms with Crippen LogP contribution in [0.5, 0.6) is 0 Å². The molecule has 2 aliphatic rings. The Morgan fingerprint density at radius 3 is 2.70 bits per heavy atom. The average Bonchev–Trinajstić information content (AvgIpc) is 2.96. The number of carbonyl (C=O) groups excluding carboxylic acids is 2. The molecule has 0 aromatic carbocycles. The van der Waals surface area contributed by atoms with Crippen molar-refractivity contribution in [3.8, 4) is 0 Å². The SMILES string of the molecule is COC(=O)CCC/C=C\C[C@H]1C(=O)C[C@@H](O)[C@@H]1/C=C/CC(O)C1(CCCF)CCC1. The van der Waals surface area contributed by atoms with Crippen molar-refractivity contribution in [3.05, 3.63) is 24.3 Å². The van der Waals surface area contributed by atoms with Crippen molar-refractivity contribution in [3.63, 3.8) is 0 Å². The number of carbonyl (C=O) groups is 2. The van der Waals surface area contributed by atoms with Crippen LogP contribution >= 0.6 is 0 Å². The molecule has 0 aromatic heterocycles. The number of ether oxygens (including phenoxy) is 1. The summed E-state index contributed by atoms with van der Waals surface area (Å²) in [5, 5.41) is 20.9. The van der Waals surface area contributed by atoms with Crippen molar-refractivity contribution in [1.82, 2.24) is 0 Å². The largest absolute Gasteiger partial charge is 0.469 e. The minimum absolute atomic E-state index is 0.0651. The summed E-state index contributed by atoms with van der Waals surface area (Å²) in [6, 6.07) is 0. The fourth-order valence-electron chi connectivity index (χ4n) is 4.77. The summed E-state index contributed by atoms with van der Waals surface area (Å²) in [4.78, 5) is 23.4. The lowest BCUT2D eigenvalue weighted by atomic mass is 9.62. The number of ketones is 1. The number of allylic oxidation sites excluding steroid dienone is 2. The molecule has 0 heterocycles. The molecule has 0 saturated heterocycles. The zero-order valence-corrected chi connectivity index (χ0v) is 18.1. The number of hydrogen-bond donors (Lipinski definition) is 2. The Labute approximate surface area is 179 Å². The van der Waals surface area contributed by atoms with Crippen molar-refractivity contribution >= 4 is 11.8 Å². The Kier molecular flexibility index (Phi) is 10.2. The maximum Gasteiger partial charge on any atom is 0.305 e. The Morgan fingerprint density at radius 1 is 1.30 bits per heavy atom. The maximum absolute atomic E-state index is 12.6. The van der Waals surface area contributed by atoms with Gasteiger partial charge in [0.05, 0.1) is 26.0 Å². The van der Waals surface area contributed by atoms with Crippen LogP contribution in [0.15, 0.2) is 24.3 Å². The molecule has 2 aliphatic carbocycles. The predicted molar refractivity (Wildman–Crippen MR) is 113 cm³/mol. The molecular weight excluding hydrogens is 387 g/mol. The molecule has 2 N–H and O–H groups in total. The van der Waals surface area contributed by atoms with Crippen LogP contribution in [-0.4, -0.2) is 48.0 Å². The Bertz CT molecular complexity index is 611. The Balaban J connectivity index is 1.83. The first kappa shape index (κ1) is 24.7. The number of Topliss-reactive ketones (excluding diaryl/α,β-unsaturated/α-hetero) is 1. The highest BCUT2D eigenvalue weighted by atomic mass is 19.1. The maximum atomic E-state index is 12.6. The molecule has 6 heteroatoms. The van der Waals surface area contributed by atoms with Gasteiger partial charge in [-0.1, -0.05) is 30.7 Å². The molecule has 0 aromatic rings. The summed E-state index contributed by atoms with van der Waals surface area (Å²) in [6.07, 6.45) is 13.7. The van der Waals surface area contributed by atoms with Crippen LogP contribution in [0.4, 0.5) is 4.39 Å². The van der Waals surface area contributed by atoms with Gasteiger partial charge >= 0.3 is 5.97 Å². The standard InChI is InChI=1S/C24H37FO5/c1-30-23(29)12-5-3-2-4-9-18-19(21(27)17-20(18)26)10-6-11-22(28)24(13-7-14-24)15-8-16-25/h2,4,6,10,18-19,21-22,27-28H,3,5,7-9,11-17H2,1H3/b4-2-,10-6+/t18-,19-,21-,22?/m1/s1. The second-order valence-electron chi connectivity index (χ2n) is 8.79.